The van der Waals surface area contributed by atoms with E-state index in [2.05, 4.69) is 27.0 Å². The number of hydrogen-bond acceptors (Lipinski definition) is 1. The number of nitrogens with zero attached hydrogens (tertiary/aromatic N) is 1. The van der Waals surface area contributed by atoms with Crippen LogP contribution in [0.3, 0.4) is 0 Å². The molecule has 0 saturated carbocycles. The molecule has 0 aromatic heterocycles. The fourth-order valence-corrected chi connectivity index (χ4v) is 4.29. The van der Waals surface area contributed by atoms with Gasteiger partial charge < -0.3 is 12.4 Å². The molecule has 0 bridgehead atoms. The monoisotopic (exact) mass is 449 g/mol. The molecule has 0 saturated heterocycles. The van der Waals surface area contributed by atoms with Gasteiger partial charge in [-0.15, -0.1) is 0 Å². The minimum Gasteiger partial charge on any atom is -1.00 e. The Labute approximate surface area is 199 Å². The van der Waals surface area contributed by atoms with Crippen molar-refractivity contribution in [2.75, 3.05) is 20.6 Å². The van der Waals surface area contributed by atoms with Crippen molar-refractivity contribution >= 4 is 11.6 Å². The first-order valence-corrected chi connectivity index (χ1v) is 12.8. The van der Waals surface area contributed by atoms with Crippen molar-refractivity contribution in [1.29, 1.82) is 0 Å². The Morgan fingerprint density at radius 3 is 1.45 bits per heavy atom. The molecule has 0 aliphatic carbocycles. The molecule has 2 nitrogen and oxygen atoms in total. The molecule has 0 aliphatic heterocycles. The number of hydrogen-bond donors (Lipinski definition) is 0. The summed E-state index contributed by atoms with van der Waals surface area (Å²) in [6, 6.07) is 9.98. The van der Waals surface area contributed by atoms with Crippen molar-refractivity contribution in [1.82, 2.24) is 0 Å². The van der Waals surface area contributed by atoms with Gasteiger partial charge >= 0.3 is 0 Å². The summed E-state index contributed by atoms with van der Waals surface area (Å²) in [5.74, 6) is 2.20. The molecule has 178 valence electrons. The maximum atomic E-state index is 11.5. The molecular weight excluding hydrogens is 402 g/mol. The molecule has 1 aromatic carbocycles. The highest BCUT2D eigenvalue weighted by atomic mass is 35.5. The number of benzene rings is 1. The van der Waals surface area contributed by atoms with E-state index >= 15 is 0 Å². The summed E-state index contributed by atoms with van der Waals surface area (Å²) in [6.45, 7) is 3.28. The van der Waals surface area contributed by atoms with E-state index in [4.69, 9.17) is 0 Å². The molecule has 3 heteroatoms. The third-order valence-electron chi connectivity index (χ3n) is 6.32. The summed E-state index contributed by atoms with van der Waals surface area (Å²) < 4.78 is 0.617. The van der Waals surface area contributed by atoms with Gasteiger partial charge in [0.2, 0.25) is 5.70 Å². The van der Waals surface area contributed by atoms with E-state index < -0.39 is 0 Å². The molecule has 1 rings (SSSR count). The lowest BCUT2D eigenvalue weighted by molar-refractivity contribution is -0.817. The van der Waals surface area contributed by atoms with Crippen molar-refractivity contribution in [3.63, 3.8) is 0 Å². The quantitative estimate of drug-likeness (QED) is 0.161. The van der Waals surface area contributed by atoms with E-state index in [-0.39, 0.29) is 12.4 Å². The van der Waals surface area contributed by atoms with Crippen molar-refractivity contribution in [2.45, 2.75) is 110 Å². The third kappa shape index (κ3) is 14.6. The molecule has 0 unspecified atom stereocenters. The number of unbranched alkanes of at least 4 members (excludes halogenated alkanes) is 15. The van der Waals surface area contributed by atoms with Crippen LogP contribution in [0, 0.1) is 0 Å². The van der Waals surface area contributed by atoms with Crippen molar-refractivity contribution in [3.8, 4) is 0 Å². The van der Waals surface area contributed by atoms with Gasteiger partial charge in [-0.1, -0.05) is 115 Å². The average molecular weight is 450 g/mol. The van der Waals surface area contributed by atoms with Crippen LogP contribution < -0.4 is 12.4 Å². The molecule has 0 fully saturated rings. The summed E-state index contributed by atoms with van der Waals surface area (Å²) in [5, 5.41) is 0. The average Bonchev–Trinajstić information content (AvgIpc) is 2.74. The first-order valence-electron chi connectivity index (χ1n) is 12.8. The summed E-state index contributed by atoms with van der Waals surface area (Å²) in [5.41, 5.74) is 1.76. The van der Waals surface area contributed by atoms with E-state index in [1.54, 1.807) is 0 Å². The number of rotatable bonds is 19. The van der Waals surface area contributed by atoms with Crippen LogP contribution in [-0.4, -0.2) is 31.1 Å². The Morgan fingerprint density at radius 2 is 1.06 bits per heavy atom. The Bertz CT molecular complexity index is 578. The summed E-state index contributed by atoms with van der Waals surface area (Å²) in [6.07, 6.45) is 22.2. The van der Waals surface area contributed by atoms with Crippen molar-refractivity contribution in [3.05, 3.63) is 35.9 Å². The molecule has 0 heterocycles. The van der Waals surface area contributed by atoms with Gasteiger partial charge in [0, 0.05) is 5.56 Å². The van der Waals surface area contributed by atoms with Crippen LogP contribution in [-0.2, 0) is 4.79 Å². The van der Waals surface area contributed by atoms with Gasteiger partial charge in [0.05, 0.1) is 20.6 Å². The first-order chi connectivity index (χ1) is 14.6. The molecule has 0 amide bonds. The van der Waals surface area contributed by atoms with Gasteiger partial charge in [-0.05, 0) is 25.0 Å². The lowest BCUT2D eigenvalue weighted by atomic mass is 10.0. The van der Waals surface area contributed by atoms with Crippen molar-refractivity contribution in [2.24, 2.45) is 0 Å². The van der Waals surface area contributed by atoms with Crippen LogP contribution >= 0.6 is 0 Å². The van der Waals surface area contributed by atoms with Crippen LogP contribution in [0.15, 0.2) is 30.3 Å². The molecule has 31 heavy (non-hydrogen) atoms. The SMILES string of the molecule is CCCCCCCCCCCCCCCCCC[N+](C)(C)C(=C=O)c1ccccc1.[Cl-]. The zero-order valence-electron chi connectivity index (χ0n) is 20.6. The highest BCUT2D eigenvalue weighted by Gasteiger charge is 2.24. The maximum Gasteiger partial charge on any atom is 0.224 e. The summed E-state index contributed by atoms with van der Waals surface area (Å²) in [4.78, 5) is 11.5. The summed E-state index contributed by atoms with van der Waals surface area (Å²) in [7, 11) is 4.25. The van der Waals surface area contributed by atoms with Gasteiger partial charge in [0.25, 0.3) is 0 Å². The Kier molecular flexibility index (Phi) is 18.9. The normalized spacial score (nSPS) is 11.1. The fraction of sp³-hybridized carbons (Fsp3) is 0.714. The van der Waals surface area contributed by atoms with Gasteiger partial charge in [-0.2, -0.15) is 0 Å². The Balaban J connectivity index is 0.00000900. The van der Waals surface area contributed by atoms with Crippen LogP contribution in [0.2, 0.25) is 0 Å². The van der Waals surface area contributed by atoms with Crippen LogP contribution in [0.1, 0.15) is 115 Å². The third-order valence-corrected chi connectivity index (χ3v) is 6.32. The highest BCUT2D eigenvalue weighted by Crippen LogP contribution is 2.22. The van der Waals surface area contributed by atoms with E-state index in [0.717, 1.165) is 17.8 Å². The predicted octanol–water partition coefficient (Wildman–Crippen LogP) is 5.20. The van der Waals surface area contributed by atoms with Gasteiger partial charge in [-0.3, -0.25) is 4.48 Å². The minimum absolute atomic E-state index is 0. The molecule has 0 aliphatic rings. The number of halogens is 1. The fourth-order valence-electron chi connectivity index (χ4n) is 4.29. The van der Waals surface area contributed by atoms with Gasteiger partial charge in [0.15, 0.2) is 5.94 Å². The number of quaternary nitrogens is 1. The second kappa shape index (κ2) is 19.6. The smallest absolute Gasteiger partial charge is 0.224 e. The van der Waals surface area contributed by atoms with Crippen LogP contribution in [0.4, 0.5) is 0 Å². The highest BCUT2D eigenvalue weighted by molar-refractivity contribution is 5.82. The molecular formula is C28H48ClNO. The van der Waals surface area contributed by atoms with E-state index in [0.29, 0.717) is 4.48 Å². The zero-order valence-corrected chi connectivity index (χ0v) is 21.4. The largest absolute Gasteiger partial charge is 1.00 e. The van der Waals surface area contributed by atoms with Gasteiger partial charge in [0.1, 0.15) is 0 Å². The first kappa shape index (κ1) is 29.9. The topological polar surface area (TPSA) is 17.1 Å². The second-order valence-corrected chi connectivity index (χ2v) is 9.53. The second-order valence-electron chi connectivity index (χ2n) is 9.53. The van der Waals surface area contributed by atoms with Gasteiger partial charge in [-0.25, -0.2) is 4.79 Å². The van der Waals surface area contributed by atoms with E-state index in [1.807, 2.05) is 30.3 Å². The Hall–Kier alpha value is -1.08. The lowest BCUT2D eigenvalue weighted by Crippen LogP contribution is -3.00. The molecule has 0 radical (unpaired) electrons. The van der Waals surface area contributed by atoms with Crippen molar-refractivity contribution < 1.29 is 21.7 Å². The number of carbonyl (C=O) groups excluding carboxylic acids is 1. The molecule has 0 spiro atoms. The maximum absolute atomic E-state index is 11.5. The van der Waals surface area contributed by atoms with E-state index in [1.165, 1.54) is 103 Å². The Morgan fingerprint density at radius 1 is 0.677 bits per heavy atom. The minimum atomic E-state index is 0. The molecule has 0 atom stereocenters. The zero-order chi connectivity index (χ0) is 21.9. The summed E-state index contributed by atoms with van der Waals surface area (Å²) >= 11 is 0. The van der Waals surface area contributed by atoms with Crippen LogP contribution in [0.5, 0.6) is 0 Å². The lowest BCUT2D eigenvalue weighted by Gasteiger charge is -2.29. The molecule has 0 N–H and O–H groups in total. The predicted molar refractivity (Wildman–Crippen MR) is 132 cm³/mol. The molecule has 1 aromatic rings. The standard InChI is InChI=1S/C28H48NO.ClH/c1-4-5-6-7-8-9-10-11-12-13-14-15-16-17-18-22-25-29(2,3)28(26-30)27-23-20-19-21-24-27;/h19-21,23-24H,4-18,22,25H2,1-3H3;1H/q+1;/p-1. The van der Waals surface area contributed by atoms with E-state index in [9.17, 15) is 4.79 Å². The van der Waals surface area contributed by atoms with Crippen LogP contribution in [0.25, 0.3) is 5.70 Å².